The molecule has 2 aromatic rings. The smallest absolute Gasteiger partial charge is 0.0660 e. The van der Waals surface area contributed by atoms with Crippen LogP contribution >= 0.6 is 23.2 Å². The van der Waals surface area contributed by atoms with E-state index < -0.39 is 0 Å². The van der Waals surface area contributed by atoms with E-state index in [1.165, 1.54) is 5.56 Å². The number of halogens is 2. The number of hydrogen-bond acceptors (Lipinski definition) is 2. The lowest BCUT2D eigenvalue weighted by Gasteiger charge is -2.03. The lowest BCUT2D eigenvalue weighted by atomic mass is 10.2. The highest BCUT2D eigenvalue weighted by atomic mass is 35.5. The largest absolute Gasteiger partial charge is 0.313 e. The van der Waals surface area contributed by atoms with Crippen molar-refractivity contribution in [3.8, 4) is 0 Å². The lowest BCUT2D eigenvalue weighted by molar-refractivity contribution is 0.668. The molecule has 0 fully saturated rings. The molecule has 0 aliphatic heterocycles. The molecule has 0 bridgehead atoms. The van der Waals surface area contributed by atoms with Crippen LogP contribution in [-0.4, -0.2) is 16.3 Å². The molecule has 1 heterocycles. The van der Waals surface area contributed by atoms with E-state index in [1.807, 2.05) is 35.3 Å². The van der Waals surface area contributed by atoms with Gasteiger partial charge in [0.1, 0.15) is 0 Å². The van der Waals surface area contributed by atoms with E-state index in [-0.39, 0.29) is 0 Å². The second-order valence-electron chi connectivity index (χ2n) is 4.47. The van der Waals surface area contributed by atoms with Crippen LogP contribution in [0.2, 0.25) is 10.0 Å². The fourth-order valence-corrected chi connectivity index (χ4v) is 2.14. The van der Waals surface area contributed by atoms with Gasteiger partial charge in [-0.2, -0.15) is 5.10 Å². The van der Waals surface area contributed by atoms with Crippen LogP contribution in [0.3, 0.4) is 0 Å². The molecule has 0 saturated heterocycles. The average Bonchev–Trinajstić information content (AvgIpc) is 2.82. The molecule has 0 spiro atoms. The van der Waals surface area contributed by atoms with Gasteiger partial charge in [0, 0.05) is 18.3 Å². The molecule has 2 rings (SSSR count). The molecule has 0 aliphatic carbocycles. The Kier molecular flexibility index (Phi) is 5.25. The third-order valence-electron chi connectivity index (χ3n) is 2.77. The summed E-state index contributed by atoms with van der Waals surface area (Å²) in [5.74, 6) is 0. The number of nitrogens with zero attached hydrogens (tertiary/aromatic N) is 2. The SMILES string of the molecule is CCCNCc1cnn(Cc2ccc(Cl)c(Cl)c2)c1. The normalized spacial score (nSPS) is 10.9. The average molecular weight is 298 g/mol. The van der Waals surface area contributed by atoms with Gasteiger partial charge in [0.15, 0.2) is 0 Å². The van der Waals surface area contributed by atoms with Gasteiger partial charge in [-0.1, -0.05) is 36.2 Å². The summed E-state index contributed by atoms with van der Waals surface area (Å²) in [6, 6.07) is 5.65. The van der Waals surface area contributed by atoms with Crippen molar-refractivity contribution < 1.29 is 0 Å². The van der Waals surface area contributed by atoms with Gasteiger partial charge in [0.25, 0.3) is 0 Å². The molecular formula is C14H17Cl2N3. The standard InChI is InChI=1S/C14H17Cl2N3/c1-2-5-17-7-12-8-18-19(10-12)9-11-3-4-13(15)14(16)6-11/h3-4,6,8,10,17H,2,5,7,9H2,1H3. The minimum absolute atomic E-state index is 0.579. The Morgan fingerprint density at radius 3 is 2.79 bits per heavy atom. The second kappa shape index (κ2) is 6.94. The fraction of sp³-hybridized carbons (Fsp3) is 0.357. The molecule has 0 saturated carbocycles. The fourth-order valence-electron chi connectivity index (χ4n) is 1.82. The summed E-state index contributed by atoms with van der Waals surface area (Å²) in [5, 5.41) is 8.85. The van der Waals surface area contributed by atoms with Gasteiger partial charge in [0.05, 0.1) is 22.8 Å². The molecule has 1 aromatic carbocycles. The van der Waals surface area contributed by atoms with E-state index in [2.05, 4.69) is 17.3 Å². The Morgan fingerprint density at radius 2 is 2.05 bits per heavy atom. The van der Waals surface area contributed by atoms with Crippen LogP contribution in [0.15, 0.2) is 30.6 Å². The number of nitrogens with one attached hydrogen (secondary N) is 1. The van der Waals surface area contributed by atoms with Crippen LogP contribution in [-0.2, 0) is 13.1 Å². The first-order valence-electron chi connectivity index (χ1n) is 6.35. The monoisotopic (exact) mass is 297 g/mol. The minimum atomic E-state index is 0.579. The van der Waals surface area contributed by atoms with Crippen molar-refractivity contribution in [1.29, 1.82) is 0 Å². The number of benzene rings is 1. The molecule has 1 N–H and O–H groups in total. The van der Waals surface area contributed by atoms with E-state index >= 15 is 0 Å². The van der Waals surface area contributed by atoms with E-state index in [0.29, 0.717) is 16.6 Å². The Hall–Kier alpha value is -1.03. The number of rotatable bonds is 6. The van der Waals surface area contributed by atoms with Crippen molar-refractivity contribution in [1.82, 2.24) is 15.1 Å². The third-order valence-corrected chi connectivity index (χ3v) is 3.51. The maximum absolute atomic E-state index is 6.00. The second-order valence-corrected chi connectivity index (χ2v) is 5.29. The summed E-state index contributed by atoms with van der Waals surface area (Å²) in [6.07, 6.45) is 5.07. The zero-order valence-corrected chi connectivity index (χ0v) is 12.4. The van der Waals surface area contributed by atoms with Gasteiger partial charge in [0.2, 0.25) is 0 Å². The predicted octanol–water partition coefficient (Wildman–Crippen LogP) is 3.74. The molecular weight excluding hydrogens is 281 g/mol. The first-order valence-corrected chi connectivity index (χ1v) is 7.10. The Balaban J connectivity index is 1.97. The highest BCUT2D eigenvalue weighted by Gasteiger charge is 2.02. The Labute approximate surface area is 123 Å². The molecule has 0 amide bonds. The van der Waals surface area contributed by atoms with Crippen LogP contribution < -0.4 is 5.32 Å². The van der Waals surface area contributed by atoms with Crippen molar-refractivity contribution in [3.63, 3.8) is 0 Å². The molecule has 102 valence electrons. The summed E-state index contributed by atoms with van der Waals surface area (Å²) >= 11 is 11.9. The lowest BCUT2D eigenvalue weighted by Crippen LogP contribution is -2.13. The zero-order chi connectivity index (χ0) is 13.7. The van der Waals surface area contributed by atoms with E-state index in [9.17, 15) is 0 Å². The summed E-state index contributed by atoms with van der Waals surface area (Å²) < 4.78 is 1.91. The maximum Gasteiger partial charge on any atom is 0.0660 e. The molecule has 0 unspecified atom stereocenters. The maximum atomic E-state index is 6.00. The highest BCUT2D eigenvalue weighted by Crippen LogP contribution is 2.22. The molecule has 5 heteroatoms. The summed E-state index contributed by atoms with van der Waals surface area (Å²) in [4.78, 5) is 0. The summed E-state index contributed by atoms with van der Waals surface area (Å²) in [7, 11) is 0. The van der Waals surface area contributed by atoms with Crippen molar-refractivity contribution in [2.45, 2.75) is 26.4 Å². The topological polar surface area (TPSA) is 29.9 Å². The van der Waals surface area contributed by atoms with Gasteiger partial charge in [-0.25, -0.2) is 0 Å². The third kappa shape index (κ3) is 4.23. The van der Waals surface area contributed by atoms with Crippen LogP contribution in [0.5, 0.6) is 0 Å². The molecule has 1 aromatic heterocycles. The molecule has 0 atom stereocenters. The van der Waals surface area contributed by atoms with E-state index in [4.69, 9.17) is 23.2 Å². The van der Waals surface area contributed by atoms with Crippen LogP contribution in [0.1, 0.15) is 24.5 Å². The molecule has 0 radical (unpaired) electrons. The van der Waals surface area contributed by atoms with Crippen molar-refractivity contribution in [2.24, 2.45) is 0 Å². The van der Waals surface area contributed by atoms with Crippen molar-refractivity contribution >= 4 is 23.2 Å². The predicted molar refractivity (Wildman–Crippen MR) is 79.8 cm³/mol. The zero-order valence-electron chi connectivity index (χ0n) is 10.9. The van der Waals surface area contributed by atoms with E-state index in [1.54, 1.807) is 0 Å². The van der Waals surface area contributed by atoms with Gasteiger partial charge in [-0.05, 0) is 30.7 Å². The highest BCUT2D eigenvalue weighted by molar-refractivity contribution is 6.42. The summed E-state index contributed by atoms with van der Waals surface area (Å²) in [6.45, 7) is 4.73. The molecule has 19 heavy (non-hydrogen) atoms. The van der Waals surface area contributed by atoms with E-state index in [0.717, 1.165) is 25.1 Å². The van der Waals surface area contributed by atoms with Crippen molar-refractivity contribution in [3.05, 3.63) is 51.8 Å². The van der Waals surface area contributed by atoms with Gasteiger partial charge >= 0.3 is 0 Å². The number of aromatic nitrogens is 2. The molecule has 0 aliphatic rings. The Morgan fingerprint density at radius 1 is 1.21 bits per heavy atom. The van der Waals surface area contributed by atoms with Gasteiger partial charge in [-0.3, -0.25) is 4.68 Å². The summed E-state index contributed by atoms with van der Waals surface area (Å²) in [5.41, 5.74) is 2.28. The minimum Gasteiger partial charge on any atom is -0.313 e. The van der Waals surface area contributed by atoms with Crippen molar-refractivity contribution in [2.75, 3.05) is 6.54 Å². The van der Waals surface area contributed by atoms with Gasteiger partial charge in [-0.15, -0.1) is 0 Å². The number of hydrogen-bond donors (Lipinski definition) is 1. The first kappa shape index (κ1) is 14.4. The van der Waals surface area contributed by atoms with Crippen LogP contribution in [0, 0.1) is 0 Å². The van der Waals surface area contributed by atoms with Gasteiger partial charge < -0.3 is 5.32 Å². The van der Waals surface area contributed by atoms with Crippen LogP contribution in [0.25, 0.3) is 0 Å². The molecule has 3 nitrogen and oxygen atoms in total. The quantitative estimate of drug-likeness (QED) is 0.823. The van der Waals surface area contributed by atoms with Crippen LogP contribution in [0.4, 0.5) is 0 Å². The Bertz CT molecular complexity index is 537. The first-order chi connectivity index (χ1) is 9.19.